The van der Waals surface area contributed by atoms with Crippen molar-refractivity contribution in [2.45, 2.75) is 52.2 Å². The zero-order chi connectivity index (χ0) is 28.6. The SMILES string of the molecule is Cc1c(-c2cc3cc(NC(=O)OC4CCNCC4)ncc3c(Cl)c2F)cnc2c1N(C(=O)OC(C)(C)C)CCO2. The largest absolute Gasteiger partial charge is 0.474 e. The first-order valence-electron chi connectivity index (χ1n) is 13.1. The summed E-state index contributed by atoms with van der Waals surface area (Å²) in [5, 5.41) is 6.67. The van der Waals surface area contributed by atoms with Gasteiger partial charge in [0.25, 0.3) is 0 Å². The van der Waals surface area contributed by atoms with Gasteiger partial charge in [0, 0.05) is 28.9 Å². The zero-order valence-corrected chi connectivity index (χ0v) is 23.5. The van der Waals surface area contributed by atoms with Crippen LogP contribution in [0.25, 0.3) is 21.9 Å². The Labute approximate surface area is 236 Å². The third-order valence-electron chi connectivity index (χ3n) is 6.69. The predicted molar refractivity (Wildman–Crippen MR) is 150 cm³/mol. The standard InChI is InChI=1S/C28H31ClFN5O5/c1-15-19(13-33-25-24(15)35(9-10-38-25)27(37)40-28(2,3)4)18-11-16-12-21(32-14-20(16)22(29)23(18)30)34-26(36)39-17-5-7-31-8-6-17/h11-14,17,31H,5-10H2,1-4H3,(H,32,34,36). The second-order valence-corrected chi connectivity index (χ2v) is 11.1. The van der Waals surface area contributed by atoms with E-state index in [2.05, 4.69) is 20.6 Å². The first kappa shape index (κ1) is 27.9. The van der Waals surface area contributed by atoms with Crippen LogP contribution in [0.3, 0.4) is 0 Å². The number of fused-ring (bicyclic) bond motifs is 2. The molecule has 0 radical (unpaired) electrons. The number of piperidine rings is 1. The Kier molecular flexibility index (Phi) is 7.70. The molecule has 1 saturated heterocycles. The molecule has 2 amide bonds. The van der Waals surface area contributed by atoms with Crippen molar-refractivity contribution in [3.05, 3.63) is 40.9 Å². The number of ether oxygens (including phenoxy) is 3. The van der Waals surface area contributed by atoms with E-state index >= 15 is 4.39 Å². The number of nitrogens with one attached hydrogen (secondary N) is 2. The molecule has 4 heterocycles. The molecule has 2 aliphatic rings. The van der Waals surface area contributed by atoms with Crippen molar-refractivity contribution in [2.75, 3.05) is 36.5 Å². The molecule has 0 atom stereocenters. The van der Waals surface area contributed by atoms with Crippen LogP contribution >= 0.6 is 11.6 Å². The van der Waals surface area contributed by atoms with Crippen molar-refractivity contribution in [2.24, 2.45) is 0 Å². The smallest absolute Gasteiger partial charge is 0.415 e. The second kappa shape index (κ2) is 11.1. The Morgan fingerprint density at radius 3 is 2.65 bits per heavy atom. The van der Waals surface area contributed by atoms with Crippen LogP contribution in [0.2, 0.25) is 5.02 Å². The minimum Gasteiger partial charge on any atom is -0.474 e. The van der Waals surface area contributed by atoms with Gasteiger partial charge in [0.15, 0.2) is 0 Å². The monoisotopic (exact) mass is 571 g/mol. The number of aromatic nitrogens is 2. The van der Waals surface area contributed by atoms with Crippen LogP contribution < -0.4 is 20.3 Å². The molecule has 0 bridgehead atoms. The Bertz CT molecular complexity index is 1470. The third-order valence-corrected chi connectivity index (χ3v) is 7.06. The van der Waals surface area contributed by atoms with Gasteiger partial charge in [-0.15, -0.1) is 0 Å². The van der Waals surface area contributed by atoms with E-state index < -0.39 is 23.6 Å². The van der Waals surface area contributed by atoms with Crippen LogP contribution in [-0.4, -0.2) is 60.1 Å². The lowest BCUT2D eigenvalue weighted by Crippen LogP contribution is -2.42. The van der Waals surface area contributed by atoms with E-state index in [4.69, 9.17) is 25.8 Å². The van der Waals surface area contributed by atoms with Gasteiger partial charge < -0.3 is 19.5 Å². The number of nitrogens with zero attached hydrogens (tertiary/aromatic N) is 3. The van der Waals surface area contributed by atoms with Crippen LogP contribution in [0.4, 0.5) is 25.5 Å². The maximum atomic E-state index is 15.7. The van der Waals surface area contributed by atoms with E-state index in [1.807, 2.05) is 0 Å². The summed E-state index contributed by atoms with van der Waals surface area (Å²) in [7, 11) is 0. The lowest BCUT2D eigenvalue weighted by atomic mass is 9.97. The summed E-state index contributed by atoms with van der Waals surface area (Å²) >= 11 is 6.45. The molecule has 2 aromatic heterocycles. The summed E-state index contributed by atoms with van der Waals surface area (Å²) in [6, 6.07) is 3.21. The highest BCUT2D eigenvalue weighted by Gasteiger charge is 2.32. The molecule has 2 N–H and O–H groups in total. The molecule has 40 heavy (non-hydrogen) atoms. The van der Waals surface area contributed by atoms with Gasteiger partial charge in [-0.1, -0.05) is 11.6 Å². The van der Waals surface area contributed by atoms with E-state index in [0.717, 1.165) is 25.9 Å². The topological polar surface area (TPSA) is 115 Å². The molecular formula is C28H31ClFN5O5. The molecule has 10 nitrogen and oxygen atoms in total. The van der Waals surface area contributed by atoms with Crippen molar-refractivity contribution in [1.82, 2.24) is 15.3 Å². The first-order chi connectivity index (χ1) is 19.0. The maximum absolute atomic E-state index is 15.7. The summed E-state index contributed by atoms with van der Waals surface area (Å²) in [6.07, 6.45) is 3.05. The average molecular weight is 572 g/mol. The summed E-state index contributed by atoms with van der Waals surface area (Å²) in [6.45, 7) is 9.19. The molecule has 1 fully saturated rings. The quantitative estimate of drug-likeness (QED) is 0.403. The number of pyridine rings is 2. The highest BCUT2D eigenvalue weighted by Crippen LogP contribution is 2.42. The molecule has 5 rings (SSSR count). The average Bonchev–Trinajstić information content (AvgIpc) is 2.90. The van der Waals surface area contributed by atoms with Crippen LogP contribution in [-0.2, 0) is 9.47 Å². The van der Waals surface area contributed by atoms with Gasteiger partial charge in [0.1, 0.15) is 35.6 Å². The molecule has 12 heteroatoms. The fraction of sp³-hybridized carbons (Fsp3) is 0.429. The highest BCUT2D eigenvalue weighted by molar-refractivity contribution is 6.36. The van der Waals surface area contributed by atoms with Gasteiger partial charge in [0.05, 0.1) is 11.6 Å². The number of hydrogen-bond acceptors (Lipinski definition) is 8. The van der Waals surface area contributed by atoms with Crippen LogP contribution in [0.15, 0.2) is 24.5 Å². The number of carbonyl (C=O) groups is 2. The van der Waals surface area contributed by atoms with Crippen molar-refractivity contribution in [3.8, 4) is 17.0 Å². The number of anilines is 2. The van der Waals surface area contributed by atoms with Crippen molar-refractivity contribution in [3.63, 3.8) is 0 Å². The Morgan fingerprint density at radius 1 is 1.18 bits per heavy atom. The Hall–Kier alpha value is -3.70. The van der Waals surface area contributed by atoms with E-state index in [1.54, 1.807) is 39.8 Å². The van der Waals surface area contributed by atoms with Crippen molar-refractivity contribution >= 4 is 46.1 Å². The number of amides is 2. The third kappa shape index (κ3) is 5.75. The molecule has 0 unspecified atom stereocenters. The molecule has 2 aliphatic heterocycles. The fourth-order valence-electron chi connectivity index (χ4n) is 4.80. The normalized spacial score (nSPS) is 15.8. The molecular weight excluding hydrogens is 541 g/mol. The minimum absolute atomic E-state index is 0.124. The molecule has 0 spiro atoms. The first-order valence-corrected chi connectivity index (χ1v) is 13.5. The lowest BCUT2D eigenvalue weighted by molar-refractivity contribution is 0.0566. The number of carbonyl (C=O) groups excluding carboxylic acids is 2. The predicted octanol–water partition coefficient (Wildman–Crippen LogP) is 5.83. The van der Waals surface area contributed by atoms with Gasteiger partial charge in [-0.2, -0.15) is 0 Å². The van der Waals surface area contributed by atoms with Gasteiger partial charge in [-0.05, 0) is 76.7 Å². The van der Waals surface area contributed by atoms with Gasteiger partial charge in [-0.3, -0.25) is 10.2 Å². The molecule has 212 valence electrons. The fourth-order valence-corrected chi connectivity index (χ4v) is 5.06. The van der Waals surface area contributed by atoms with Crippen molar-refractivity contribution < 1.29 is 28.2 Å². The van der Waals surface area contributed by atoms with Gasteiger partial charge in [-0.25, -0.2) is 23.9 Å². The van der Waals surface area contributed by atoms with E-state index in [9.17, 15) is 9.59 Å². The number of hydrogen-bond donors (Lipinski definition) is 2. The summed E-state index contributed by atoms with van der Waals surface area (Å²) in [4.78, 5) is 35.5. The lowest BCUT2D eigenvalue weighted by Gasteiger charge is -2.32. The maximum Gasteiger partial charge on any atom is 0.415 e. The molecule has 1 aromatic carbocycles. The Balaban J connectivity index is 1.49. The summed E-state index contributed by atoms with van der Waals surface area (Å²) < 4.78 is 32.4. The zero-order valence-electron chi connectivity index (χ0n) is 22.8. The van der Waals surface area contributed by atoms with E-state index in [1.165, 1.54) is 17.3 Å². The van der Waals surface area contributed by atoms with Gasteiger partial charge >= 0.3 is 12.2 Å². The summed E-state index contributed by atoms with van der Waals surface area (Å²) in [5.41, 5.74) is 0.881. The molecule has 0 aliphatic carbocycles. The van der Waals surface area contributed by atoms with Gasteiger partial charge in [0.2, 0.25) is 5.88 Å². The van der Waals surface area contributed by atoms with E-state index in [-0.39, 0.29) is 41.5 Å². The molecule has 0 saturated carbocycles. The van der Waals surface area contributed by atoms with Crippen LogP contribution in [0, 0.1) is 12.7 Å². The summed E-state index contributed by atoms with van der Waals surface area (Å²) in [5.74, 6) is -0.161. The number of benzene rings is 1. The molecule has 3 aromatic rings. The highest BCUT2D eigenvalue weighted by atomic mass is 35.5. The Morgan fingerprint density at radius 2 is 1.93 bits per heavy atom. The van der Waals surface area contributed by atoms with Crippen LogP contribution in [0.5, 0.6) is 5.88 Å². The minimum atomic E-state index is -0.702. The van der Waals surface area contributed by atoms with E-state index in [0.29, 0.717) is 27.6 Å². The second-order valence-electron chi connectivity index (χ2n) is 10.8. The number of halogens is 2. The number of rotatable bonds is 3. The van der Waals surface area contributed by atoms with Crippen molar-refractivity contribution in [1.29, 1.82) is 0 Å². The van der Waals surface area contributed by atoms with Crippen LogP contribution in [0.1, 0.15) is 39.2 Å².